The molecule has 0 fully saturated rings. The van der Waals surface area contributed by atoms with E-state index in [1.165, 1.54) is 10.3 Å². The minimum Gasteiger partial charge on any atom is -0.310 e. The van der Waals surface area contributed by atoms with E-state index in [1.807, 2.05) is 5.51 Å². The maximum absolute atomic E-state index is 4.30. The van der Waals surface area contributed by atoms with Crippen molar-refractivity contribution < 1.29 is 0 Å². The zero-order chi connectivity index (χ0) is 9.97. The second-order valence-electron chi connectivity index (χ2n) is 3.69. The molecule has 1 aromatic heterocycles. The summed E-state index contributed by atoms with van der Waals surface area (Å²) in [5.74, 6) is 0. The van der Waals surface area contributed by atoms with Gasteiger partial charge in [-0.15, -0.1) is 11.3 Å². The molecule has 0 radical (unpaired) electrons. The lowest BCUT2D eigenvalue weighted by molar-refractivity contribution is 0.589. The highest BCUT2D eigenvalue weighted by Gasteiger charge is 1.99. The average molecular weight is 206 g/mol. The van der Waals surface area contributed by atoms with Gasteiger partial charge in [0.05, 0.1) is 15.7 Å². The summed E-state index contributed by atoms with van der Waals surface area (Å²) < 4.78 is 1.26. The number of thiazole rings is 1. The summed E-state index contributed by atoms with van der Waals surface area (Å²) in [6, 6.07) is 6.99. The van der Waals surface area contributed by atoms with E-state index in [1.54, 1.807) is 11.3 Å². The summed E-state index contributed by atoms with van der Waals surface area (Å²) >= 11 is 1.69. The van der Waals surface area contributed by atoms with Gasteiger partial charge in [0.15, 0.2) is 0 Å². The summed E-state index contributed by atoms with van der Waals surface area (Å²) in [5.41, 5.74) is 4.31. The molecule has 0 bridgehead atoms. The Morgan fingerprint density at radius 2 is 2.29 bits per heavy atom. The molecule has 0 aliphatic heterocycles. The molecule has 2 aromatic rings. The van der Waals surface area contributed by atoms with E-state index in [2.05, 4.69) is 42.3 Å². The van der Waals surface area contributed by atoms with Gasteiger partial charge in [-0.1, -0.05) is 19.9 Å². The van der Waals surface area contributed by atoms with Gasteiger partial charge in [0.25, 0.3) is 0 Å². The molecule has 0 unspecified atom stereocenters. The van der Waals surface area contributed by atoms with Gasteiger partial charge >= 0.3 is 0 Å². The van der Waals surface area contributed by atoms with Gasteiger partial charge in [-0.2, -0.15) is 0 Å². The highest BCUT2D eigenvalue weighted by molar-refractivity contribution is 7.16. The Morgan fingerprint density at radius 3 is 3.07 bits per heavy atom. The summed E-state index contributed by atoms with van der Waals surface area (Å²) in [7, 11) is 0. The molecule has 1 N–H and O–H groups in total. The van der Waals surface area contributed by atoms with E-state index >= 15 is 0 Å². The smallest absolute Gasteiger partial charge is 0.0815 e. The van der Waals surface area contributed by atoms with Crippen LogP contribution in [0.5, 0.6) is 0 Å². The Bertz CT molecular complexity index is 420. The molecule has 0 saturated carbocycles. The van der Waals surface area contributed by atoms with Crippen LogP contribution in [0.3, 0.4) is 0 Å². The topological polar surface area (TPSA) is 24.9 Å². The standard InChI is InChI=1S/C11H14N2S/c1-8(2)12-6-9-3-4-11-10(5-9)13-7-14-11/h3-5,7-8,12H,6H2,1-2H3. The molecular weight excluding hydrogens is 192 g/mol. The van der Waals surface area contributed by atoms with E-state index in [0.717, 1.165) is 12.1 Å². The fraction of sp³-hybridized carbons (Fsp3) is 0.364. The number of rotatable bonds is 3. The van der Waals surface area contributed by atoms with Crippen LogP contribution in [0.2, 0.25) is 0 Å². The number of hydrogen-bond acceptors (Lipinski definition) is 3. The minimum absolute atomic E-state index is 0.529. The van der Waals surface area contributed by atoms with Gasteiger partial charge in [-0.05, 0) is 17.7 Å². The predicted octanol–water partition coefficient (Wildman–Crippen LogP) is 2.79. The molecule has 0 spiro atoms. The third-order valence-electron chi connectivity index (χ3n) is 2.11. The molecule has 2 nitrogen and oxygen atoms in total. The van der Waals surface area contributed by atoms with E-state index < -0.39 is 0 Å². The third kappa shape index (κ3) is 2.11. The molecule has 1 heterocycles. The molecule has 0 amide bonds. The average Bonchev–Trinajstić information content (AvgIpc) is 2.61. The van der Waals surface area contributed by atoms with Crippen LogP contribution >= 0.6 is 11.3 Å². The van der Waals surface area contributed by atoms with E-state index in [-0.39, 0.29) is 0 Å². The second kappa shape index (κ2) is 4.07. The van der Waals surface area contributed by atoms with Crippen LogP contribution in [-0.4, -0.2) is 11.0 Å². The van der Waals surface area contributed by atoms with Crippen LogP contribution in [0.15, 0.2) is 23.7 Å². The Morgan fingerprint density at radius 1 is 1.43 bits per heavy atom. The molecule has 1 aromatic carbocycles. The van der Waals surface area contributed by atoms with Gasteiger partial charge in [-0.3, -0.25) is 0 Å². The molecule has 0 saturated heterocycles. The van der Waals surface area contributed by atoms with Gasteiger partial charge < -0.3 is 5.32 Å². The first-order valence-electron chi connectivity index (χ1n) is 4.81. The first-order chi connectivity index (χ1) is 6.75. The third-order valence-corrected chi connectivity index (χ3v) is 2.92. The van der Waals surface area contributed by atoms with Crippen LogP contribution in [0.1, 0.15) is 19.4 Å². The number of aromatic nitrogens is 1. The van der Waals surface area contributed by atoms with E-state index in [0.29, 0.717) is 6.04 Å². The van der Waals surface area contributed by atoms with Crippen molar-refractivity contribution in [2.24, 2.45) is 0 Å². The Balaban J connectivity index is 2.17. The quantitative estimate of drug-likeness (QED) is 0.835. The highest BCUT2D eigenvalue weighted by atomic mass is 32.1. The van der Waals surface area contributed by atoms with Crippen molar-refractivity contribution in [1.82, 2.24) is 10.3 Å². The monoisotopic (exact) mass is 206 g/mol. The molecule has 0 atom stereocenters. The Kier molecular flexibility index (Phi) is 2.79. The summed E-state index contributed by atoms with van der Waals surface area (Å²) in [5, 5.41) is 3.39. The van der Waals surface area contributed by atoms with Crippen molar-refractivity contribution in [3.63, 3.8) is 0 Å². The van der Waals surface area contributed by atoms with E-state index in [4.69, 9.17) is 0 Å². The number of hydrogen-bond donors (Lipinski definition) is 1. The first-order valence-corrected chi connectivity index (χ1v) is 5.69. The highest BCUT2D eigenvalue weighted by Crippen LogP contribution is 2.18. The van der Waals surface area contributed by atoms with Crippen molar-refractivity contribution in [1.29, 1.82) is 0 Å². The fourth-order valence-corrected chi connectivity index (χ4v) is 1.99. The van der Waals surface area contributed by atoms with Crippen molar-refractivity contribution in [2.75, 3.05) is 0 Å². The molecule has 0 aliphatic rings. The van der Waals surface area contributed by atoms with Crippen LogP contribution < -0.4 is 5.32 Å². The fourth-order valence-electron chi connectivity index (χ4n) is 1.34. The van der Waals surface area contributed by atoms with Gasteiger partial charge in [0, 0.05) is 12.6 Å². The van der Waals surface area contributed by atoms with E-state index in [9.17, 15) is 0 Å². The molecule has 0 aliphatic carbocycles. The lowest BCUT2D eigenvalue weighted by Gasteiger charge is -2.07. The SMILES string of the molecule is CC(C)NCc1ccc2scnc2c1. The van der Waals surface area contributed by atoms with Crippen LogP contribution in [0.4, 0.5) is 0 Å². The summed E-state index contributed by atoms with van der Waals surface area (Å²) in [6.45, 7) is 5.23. The lowest BCUT2D eigenvalue weighted by atomic mass is 10.2. The summed E-state index contributed by atoms with van der Waals surface area (Å²) in [6.07, 6.45) is 0. The van der Waals surface area contributed by atoms with Crippen molar-refractivity contribution in [3.05, 3.63) is 29.3 Å². The van der Waals surface area contributed by atoms with Crippen LogP contribution in [0.25, 0.3) is 10.2 Å². The van der Waals surface area contributed by atoms with Gasteiger partial charge in [0.1, 0.15) is 0 Å². The molecule has 3 heteroatoms. The number of nitrogens with zero attached hydrogens (tertiary/aromatic N) is 1. The van der Waals surface area contributed by atoms with Crippen LogP contribution in [0, 0.1) is 0 Å². The number of benzene rings is 1. The summed E-state index contributed by atoms with van der Waals surface area (Å²) in [4.78, 5) is 4.30. The molecule has 14 heavy (non-hydrogen) atoms. The lowest BCUT2D eigenvalue weighted by Crippen LogP contribution is -2.21. The zero-order valence-electron chi connectivity index (χ0n) is 8.45. The van der Waals surface area contributed by atoms with Crippen molar-refractivity contribution >= 4 is 21.6 Å². The van der Waals surface area contributed by atoms with Crippen molar-refractivity contribution in [3.8, 4) is 0 Å². The molecule has 2 rings (SSSR count). The maximum Gasteiger partial charge on any atom is 0.0815 e. The number of nitrogens with one attached hydrogen (secondary N) is 1. The normalized spacial score (nSPS) is 11.4. The zero-order valence-corrected chi connectivity index (χ0v) is 9.27. The second-order valence-corrected chi connectivity index (χ2v) is 4.58. The van der Waals surface area contributed by atoms with Gasteiger partial charge in [0.2, 0.25) is 0 Å². The van der Waals surface area contributed by atoms with Gasteiger partial charge in [-0.25, -0.2) is 4.98 Å². The van der Waals surface area contributed by atoms with Crippen LogP contribution in [-0.2, 0) is 6.54 Å². The largest absolute Gasteiger partial charge is 0.310 e. The Hall–Kier alpha value is -0.930. The maximum atomic E-state index is 4.30. The number of fused-ring (bicyclic) bond motifs is 1. The molecular formula is C11H14N2S. The van der Waals surface area contributed by atoms with Crippen molar-refractivity contribution in [2.45, 2.75) is 26.4 Å². The first kappa shape index (κ1) is 9.62. The molecule has 74 valence electrons. The minimum atomic E-state index is 0.529. The predicted molar refractivity (Wildman–Crippen MR) is 61.6 cm³/mol. The Labute approximate surface area is 88.0 Å².